The summed E-state index contributed by atoms with van der Waals surface area (Å²) in [5, 5.41) is 2.77. The molecule has 0 fully saturated rings. The van der Waals surface area contributed by atoms with Crippen molar-refractivity contribution in [2.24, 2.45) is 14.1 Å². The van der Waals surface area contributed by atoms with Crippen molar-refractivity contribution in [3.63, 3.8) is 0 Å². The molecule has 0 radical (unpaired) electrons. The minimum atomic E-state index is -0.475. The van der Waals surface area contributed by atoms with Crippen LogP contribution in [0.25, 0.3) is 11.2 Å². The van der Waals surface area contributed by atoms with Gasteiger partial charge in [0.25, 0.3) is 5.56 Å². The van der Waals surface area contributed by atoms with Crippen LogP contribution < -0.4 is 16.6 Å². The Balaban J connectivity index is 1.77. The normalized spacial score (nSPS) is 11.1. The molecule has 10 heteroatoms. The molecule has 24 heavy (non-hydrogen) atoms. The van der Waals surface area contributed by atoms with Crippen LogP contribution in [-0.4, -0.2) is 40.7 Å². The van der Waals surface area contributed by atoms with Gasteiger partial charge in [0, 0.05) is 39.6 Å². The molecule has 0 aliphatic carbocycles. The van der Waals surface area contributed by atoms with Crippen LogP contribution in [0.2, 0.25) is 0 Å². The number of amides is 1. The molecular weight excluding hydrogens is 314 g/mol. The lowest BCUT2D eigenvalue weighted by Crippen LogP contribution is -2.38. The average molecular weight is 331 g/mol. The molecule has 0 bridgehead atoms. The number of nitrogens with one attached hydrogen (secondary N) is 1. The summed E-state index contributed by atoms with van der Waals surface area (Å²) in [6.45, 7) is 0.999. The van der Waals surface area contributed by atoms with Crippen LogP contribution in [0.3, 0.4) is 0 Å². The molecule has 0 aromatic carbocycles. The molecule has 0 saturated heterocycles. The number of hydrogen-bond acceptors (Lipinski definition) is 5. The average Bonchev–Trinajstić information content (AvgIpc) is 3.21. The van der Waals surface area contributed by atoms with E-state index in [1.165, 1.54) is 29.6 Å². The molecule has 10 nitrogen and oxygen atoms in total. The van der Waals surface area contributed by atoms with E-state index in [1.807, 2.05) is 4.57 Å². The van der Waals surface area contributed by atoms with Gasteiger partial charge < -0.3 is 14.5 Å². The second kappa shape index (κ2) is 6.14. The highest BCUT2D eigenvalue weighted by molar-refractivity contribution is 5.78. The Morgan fingerprint density at radius 1 is 1.21 bits per heavy atom. The highest BCUT2D eigenvalue weighted by atomic mass is 16.2. The lowest BCUT2D eigenvalue weighted by atomic mass is 10.4. The molecule has 0 aliphatic rings. The maximum atomic E-state index is 12.3. The van der Waals surface area contributed by atoms with Gasteiger partial charge in [-0.05, 0) is 0 Å². The van der Waals surface area contributed by atoms with E-state index in [2.05, 4.69) is 15.3 Å². The molecule has 126 valence electrons. The first-order valence-corrected chi connectivity index (χ1v) is 7.32. The molecule has 0 saturated carbocycles. The summed E-state index contributed by atoms with van der Waals surface area (Å²) in [6, 6.07) is 0. The van der Waals surface area contributed by atoms with E-state index in [0.29, 0.717) is 13.1 Å². The Morgan fingerprint density at radius 2 is 2.00 bits per heavy atom. The fourth-order valence-electron chi connectivity index (χ4n) is 2.47. The van der Waals surface area contributed by atoms with Gasteiger partial charge in [-0.3, -0.25) is 18.7 Å². The van der Waals surface area contributed by atoms with E-state index in [1.54, 1.807) is 18.7 Å². The zero-order valence-electron chi connectivity index (χ0n) is 13.3. The first kappa shape index (κ1) is 15.7. The number of hydrogen-bond donors (Lipinski definition) is 1. The van der Waals surface area contributed by atoms with Gasteiger partial charge in [-0.15, -0.1) is 0 Å². The smallest absolute Gasteiger partial charge is 0.332 e. The maximum absolute atomic E-state index is 12.3. The molecule has 0 aliphatic heterocycles. The lowest BCUT2D eigenvalue weighted by Gasteiger charge is -2.08. The summed E-state index contributed by atoms with van der Waals surface area (Å²) >= 11 is 0. The Hall–Kier alpha value is -3.17. The molecule has 1 N–H and O–H groups in total. The molecule has 3 aromatic heterocycles. The third-order valence-corrected chi connectivity index (χ3v) is 3.78. The second-order valence-electron chi connectivity index (χ2n) is 5.40. The number of fused-ring (bicyclic) bond motifs is 1. The molecule has 0 atom stereocenters. The molecule has 1 amide bonds. The van der Waals surface area contributed by atoms with Crippen LogP contribution >= 0.6 is 0 Å². The summed E-state index contributed by atoms with van der Waals surface area (Å²) in [7, 11) is 2.93. The molecule has 3 aromatic rings. The largest absolute Gasteiger partial charge is 0.353 e. The SMILES string of the molecule is Cn1c(=O)c2c(ncn2CC(=O)NCCn2ccnc2)n(C)c1=O. The first-order chi connectivity index (χ1) is 11.5. The summed E-state index contributed by atoms with van der Waals surface area (Å²) in [5.74, 6) is -0.245. The van der Waals surface area contributed by atoms with E-state index in [9.17, 15) is 14.4 Å². The van der Waals surface area contributed by atoms with Gasteiger partial charge in [-0.2, -0.15) is 0 Å². The quantitative estimate of drug-likeness (QED) is 0.609. The number of aromatic nitrogens is 6. The van der Waals surface area contributed by atoms with Crippen LogP contribution in [0.1, 0.15) is 0 Å². The monoisotopic (exact) mass is 331 g/mol. The maximum Gasteiger partial charge on any atom is 0.332 e. The van der Waals surface area contributed by atoms with Crippen LogP contribution in [0.15, 0.2) is 34.6 Å². The number of nitrogens with zero attached hydrogens (tertiary/aromatic N) is 6. The number of rotatable bonds is 5. The van der Waals surface area contributed by atoms with Crippen molar-refractivity contribution >= 4 is 17.1 Å². The Kier molecular flexibility index (Phi) is 4.02. The van der Waals surface area contributed by atoms with E-state index >= 15 is 0 Å². The van der Waals surface area contributed by atoms with E-state index in [0.717, 1.165) is 4.57 Å². The summed E-state index contributed by atoms with van der Waals surface area (Å²) in [4.78, 5) is 44.2. The first-order valence-electron chi connectivity index (χ1n) is 7.32. The van der Waals surface area contributed by atoms with Gasteiger partial charge in [0.15, 0.2) is 11.2 Å². The van der Waals surface area contributed by atoms with E-state index < -0.39 is 11.2 Å². The van der Waals surface area contributed by atoms with E-state index in [-0.39, 0.29) is 23.6 Å². The number of carbonyl (C=O) groups is 1. The Labute approximate surface area is 136 Å². The van der Waals surface area contributed by atoms with Crippen LogP contribution in [0.4, 0.5) is 0 Å². The fraction of sp³-hybridized carbons (Fsp3) is 0.357. The number of aryl methyl sites for hydroxylation is 1. The van der Waals surface area contributed by atoms with Crippen LogP contribution in [-0.2, 0) is 32.0 Å². The van der Waals surface area contributed by atoms with Gasteiger partial charge in [-0.25, -0.2) is 14.8 Å². The molecule has 0 spiro atoms. The van der Waals surface area contributed by atoms with Gasteiger partial charge in [-0.1, -0.05) is 0 Å². The number of imidazole rings is 2. The minimum absolute atomic E-state index is 0.0477. The van der Waals surface area contributed by atoms with E-state index in [4.69, 9.17) is 0 Å². The van der Waals surface area contributed by atoms with Gasteiger partial charge >= 0.3 is 5.69 Å². The molecular formula is C14H17N7O3. The fourth-order valence-corrected chi connectivity index (χ4v) is 2.47. The van der Waals surface area contributed by atoms with Crippen LogP contribution in [0.5, 0.6) is 0 Å². The highest BCUT2D eigenvalue weighted by Gasteiger charge is 2.15. The summed E-state index contributed by atoms with van der Waals surface area (Å²) in [5.41, 5.74) is -0.446. The Morgan fingerprint density at radius 3 is 2.71 bits per heavy atom. The number of carbonyl (C=O) groups excluding carboxylic acids is 1. The molecule has 3 rings (SSSR count). The summed E-state index contributed by atoms with van der Waals surface area (Å²) in [6.07, 6.45) is 6.53. The highest BCUT2D eigenvalue weighted by Crippen LogP contribution is 2.04. The Bertz CT molecular complexity index is 994. The van der Waals surface area contributed by atoms with Gasteiger partial charge in [0.05, 0.1) is 12.7 Å². The standard InChI is InChI=1S/C14H17N7O3/c1-18-12-11(13(23)19(2)14(18)24)21(9-17-12)7-10(22)16-4-6-20-5-3-15-8-20/h3,5,8-9H,4,6-7H2,1-2H3,(H,16,22). The zero-order chi connectivity index (χ0) is 17.3. The van der Waals surface area contributed by atoms with Crippen LogP contribution in [0, 0.1) is 0 Å². The summed E-state index contributed by atoms with van der Waals surface area (Å²) < 4.78 is 5.57. The zero-order valence-corrected chi connectivity index (χ0v) is 13.3. The van der Waals surface area contributed by atoms with Crippen molar-refractivity contribution in [3.8, 4) is 0 Å². The third-order valence-electron chi connectivity index (χ3n) is 3.78. The van der Waals surface area contributed by atoms with Gasteiger partial charge in [0.2, 0.25) is 5.91 Å². The topological polar surface area (TPSA) is 109 Å². The van der Waals surface area contributed by atoms with Crippen molar-refractivity contribution in [1.82, 2.24) is 33.6 Å². The lowest BCUT2D eigenvalue weighted by molar-refractivity contribution is -0.121. The van der Waals surface area contributed by atoms with Crippen molar-refractivity contribution in [2.45, 2.75) is 13.1 Å². The van der Waals surface area contributed by atoms with Crippen molar-refractivity contribution in [1.29, 1.82) is 0 Å². The predicted octanol–water partition coefficient (Wildman–Crippen LogP) is -1.55. The minimum Gasteiger partial charge on any atom is -0.353 e. The van der Waals surface area contributed by atoms with Crippen molar-refractivity contribution < 1.29 is 4.79 Å². The molecule has 3 heterocycles. The second-order valence-corrected chi connectivity index (χ2v) is 5.40. The van der Waals surface area contributed by atoms with Crippen molar-refractivity contribution in [2.75, 3.05) is 6.54 Å². The predicted molar refractivity (Wildman–Crippen MR) is 85.5 cm³/mol. The third kappa shape index (κ3) is 2.73. The van der Waals surface area contributed by atoms with Gasteiger partial charge in [0.1, 0.15) is 6.54 Å². The van der Waals surface area contributed by atoms with Crippen molar-refractivity contribution in [3.05, 3.63) is 45.9 Å². The molecule has 0 unspecified atom stereocenters.